The van der Waals surface area contributed by atoms with Gasteiger partial charge in [-0.3, -0.25) is 0 Å². The molecule has 0 aliphatic carbocycles. The second kappa shape index (κ2) is 4.53. The van der Waals surface area contributed by atoms with Crippen molar-refractivity contribution in [3.63, 3.8) is 0 Å². The van der Waals surface area contributed by atoms with Gasteiger partial charge in [0, 0.05) is 4.47 Å². The Balaban J connectivity index is 2.29. The van der Waals surface area contributed by atoms with Crippen LogP contribution < -0.4 is 0 Å². The maximum absolute atomic E-state index is 12.9. The van der Waals surface area contributed by atoms with Gasteiger partial charge in [-0.2, -0.15) is 0 Å². The minimum Gasteiger partial charge on any atom is -0.475 e. The van der Waals surface area contributed by atoms with Gasteiger partial charge in [0.25, 0.3) is 0 Å². The van der Waals surface area contributed by atoms with E-state index in [4.69, 9.17) is 4.74 Å². The van der Waals surface area contributed by atoms with E-state index in [-0.39, 0.29) is 11.9 Å². The predicted octanol–water partition coefficient (Wildman–Crippen LogP) is 3.39. The predicted molar refractivity (Wildman–Crippen MR) is 65.2 cm³/mol. The van der Waals surface area contributed by atoms with E-state index in [0.717, 1.165) is 5.56 Å². The van der Waals surface area contributed by atoms with Gasteiger partial charge in [-0.15, -0.1) is 0 Å². The van der Waals surface area contributed by atoms with Gasteiger partial charge in [0.1, 0.15) is 12.4 Å². The van der Waals surface area contributed by atoms with Crippen LogP contribution in [0, 0.1) is 11.7 Å². The molecule has 86 valence electrons. The molecule has 0 saturated heterocycles. The lowest BCUT2D eigenvalue weighted by Crippen LogP contribution is -2.13. The van der Waals surface area contributed by atoms with E-state index in [0.29, 0.717) is 22.9 Å². The molecule has 1 aliphatic rings. The third-order valence-electron chi connectivity index (χ3n) is 2.60. The molecule has 0 amide bonds. The fraction of sp³-hybridized carbons (Fsp3) is 0.417. The zero-order valence-corrected chi connectivity index (χ0v) is 10.8. The fourth-order valence-corrected chi connectivity index (χ4v) is 2.06. The summed E-state index contributed by atoms with van der Waals surface area (Å²) >= 11 is 3.31. The van der Waals surface area contributed by atoms with Crippen LogP contribution in [-0.2, 0) is 4.74 Å². The van der Waals surface area contributed by atoms with Crippen LogP contribution in [0.25, 0.3) is 0 Å². The number of nitrogens with zero attached hydrogens (tertiary/aromatic N) is 1. The smallest absolute Gasteiger partial charge is 0.217 e. The van der Waals surface area contributed by atoms with Crippen LogP contribution in [0.5, 0.6) is 0 Å². The molecule has 0 aromatic heterocycles. The minimum atomic E-state index is -0.269. The van der Waals surface area contributed by atoms with Crippen LogP contribution in [0.3, 0.4) is 0 Å². The number of aliphatic imine (C=N–C) groups is 1. The lowest BCUT2D eigenvalue weighted by molar-refractivity contribution is 0.291. The van der Waals surface area contributed by atoms with Crippen LogP contribution in [0.1, 0.15) is 19.4 Å². The van der Waals surface area contributed by atoms with E-state index in [1.165, 1.54) is 12.1 Å². The summed E-state index contributed by atoms with van der Waals surface area (Å²) < 4.78 is 19.1. The quantitative estimate of drug-likeness (QED) is 0.816. The van der Waals surface area contributed by atoms with Gasteiger partial charge >= 0.3 is 0 Å². The highest BCUT2D eigenvalue weighted by Gasteiger charge is 2.23. The van der Waals surface area contributed by atoms with Crippen molar-refractivity contribution < 1.29 is 9.13 Å². The number of benzene rings is 1. The first kappa shape index (κ1) is 11.6. The van der Waals surface area contributed by atoms with E-state index in [1.54, 1.807) is 6.07 Å². The second-order valence-electron chi connectivity index (χ2n) is 4.18. The summed E-state index contributed by atoms with van der Waals surface area (Å²) in [5.74, 6) is 0.789. The Bertz CT molecular complexity index is 431. The number of ether oxygens (including phenoxy) is 1. The number of rotatable bonds is 2. The summed E-state index contributed by atoms with van der Waals surface area (Å²) in [7, 11) is 0. The molecule has 2 nitrogen and oxygen atoms in total. The first-order valence-electron chi connectivity index (χ1n) is 5.24. The molecule has 1 aromatic carbocycles. The summed E-state index contributed by atoms with van der Waals surface area (Å²) in [6.45, 7) is 4.83. The maximum atomic E-state index is 12.9. The molecule has 1 atom stereocenters. The monoisotopic (exact) mass is 285 g/mol. The molecule has 0 radical (unpaired) electrons. The van der Waals surface area contributed by atoms with E-state index in [9.17, 15) is 4.39 Å². The third kappa shape index (κ3) is 2.26. The second-order valence-corrected chi connectivity index (χ2v) is 5.04. The van der Waals surface area contributed by atoms with Gasteiger partial charge in [-0.05, 0) is 40.0 Å². The highest BCUT2D eigenvalue weighted by molar-refractivity contribution is 9.10. The normalized spacial score (nSPS) is 19.8. The van der Waals surface area contributed by atoms with Crippen molar-refractivity contribution in [3.8, 4) is 0 Å². The zero-order chi connectivity index (χ0) is 11.7. The maximum Gasteiger partial charge on any atom is 0.217 e. The molecule has 1 aliphatic heterocycles. The zero-order valence-electron chi connectivity index (χ0n) is 9.21. The largest absolute Gasteiger partial charge is 0.475 e. The summed E-state index contributed by atoms with van der Waals surface area (Å²) in [5, 5.41) is 0. The minimum absolute atomic E-state index is 0.201. The van der Waals surface area contributed by atoms with E-state index in [2.05, 4.69) is 34.8 Å². The SMILES string of the molecule is CC(C)[C@@H]1COC(c2ccc(F)cc2Br)=N1. The van der Waals surface area contributed by atoms with Crippen LogP contribution in [0.4, 0.5) is 4.39 Å². The molecule has 0 saturated carbocycles. The van der Waals surface area contributed by atoms with Gasteiger partial charge < -0.3 is 4.74 Å². The molecule has 1 aromatic rings. The molecule has 2 rings (SSSR count). The molecule has 4 heteroatoms. The molecule has 0 fully saturated rings. The number of hydrogen-bond acceptors (Lipinski definition) is 2. The standard InChI is InChI=1S/C12H13BrFNO/c1-7(2)11-6-16-12(15-11)9-4-3-8(14)5-10(9)13/h3-5,7,11H,6H2,1-2H3/t11-/m0/s1. The van der Waals surface area contributed by atoms with Crippen molar-refractivity contribution >= 4 is 21.8 Å². The first-order valence-corrected chi connectivity index (χ1v) is 6.03. The molecular weight excluding hydrogens is 273 g/mol. The number of hydrogen-bond donors (Lipinski definition) is 0. The molecule has 0 spiro atoms. The van der Waals surface area contributed by atoms with Gasteiger partial charge in [-0.25, -0.2) is 9.38 Å². The van der Waals surface area contributed by atoms with Crippen molar-refractivity contribution in [1.29, 1.82) is 0 Å². The fourth-order valence-electron chi connectivity index (χ4n) is 1.54. The van der Waals surface area contributed by atoms with Crippen molar-refractivity contribution in [3.05, 3.63) is 34.1 Å². The highest BCUT2D eigenvalue weighted by Crippen LogP contribution is 2.23. The van der Waals surface area contributed by atoms with Crippen molar-refractivity contribution in [1.82, 2.24) is 0 Å². The van der Waals surface area contributed by atoms with Crippen LogP contribution in [-0.4, -0.2) is 18.5 Å². The van der Waals surface area contributed by atoms with Crippen LogP contribution >= 0.6 is 15.9 Å². The van der Waals surface area contributed by atoms with Crippen molar-refractivity contribution in [2.24, 2.45) is 10.9 Å². The summed E-state index contributed by atoms with van der Waals surface area (Å²) in [4.78, 5) is 4.49. The molecule has 0 bridgehead atoms. The van der Waals surface area contributed by atoms with Crippen molar-refractivity contribution in [2.45, 2.75) is 19.9 Å². The molecule has 0 N–H and O–H groups in total. The Morgan fingerprint density at radius 3 is 2.81 bits per heavy atom. The van der Waals surface area contributed by atoms with Gasteiger partial charge in [0.15, 0.2) is 0 Å². The topological polar surface area (TPSA) is 21.6 Å². The Kier molecular flexibility index (Phi) is 3.28. The molecule has 0 unspecified atom stereocenters. The summed E-state index contributed by atoms with van der Waals surface area (Å²) in [6.07, 6.45) is 0. The van der Waals surface area contributed by atoms with E-state index >= 15 is 0 Å². The Morgan fingerprint density at radius 2 is 2.25 bits per heavy atom. The van der Waals surface area contributed by atoms with Crippen molar-refractivity contribution in [2.75, 3.05) is 6.61 Å². The summed E-state index contributed by atoms with van der Waals surface area (Å²) in [6, 6.07) is 4.71. The lowest BCUT2D eigenvalue weighted by Gasteiger charge is -2.06. The van der Waals surface area contributed by atoms with E-state index in [1.807, 2.05) is 0 Å². The van der Waals surface area contributed by atoms with Gasteiger partial charge in [-0.1, -0.05) is 13.8 Å². The average molecular weight is 286 g/mol. The van der Waals surface area contributed by atoms with Crippen LogP contribution in [0.2, 0.25) is 0 Å². The molecule has 1 heterocycles. The van der Waals surface area contributed by atoms with Gasteiger partial charge in [0.2, 0.25) is 5.90 Å². The summed E-state index contributed by atoms with van der Waals surface area (Å²) in [5.41, 5.74) is 0.810. The van der Waals surface area contributed by atoms with Gasteiger partial charge in [0.05, 0.1) is 11.6 Å². The average Bonchev–Trinajstić information content (AvgIpc) is 2.66. The Labute approximate surface area is 103 Å². The third-order valence-corrected chi connectivity index (χ3v) is 3.26. The lowest BCUT2D eigenvalue weighted by atomic mass is 10.1. The molecule has 16 heavy (non-hydrogen) atoms. The highest BCUT2D eigenvalue weighted by atomic mass is 79.9. The van der Waals surface area contributed by atoms with Crippen LogP contribution in [0.15, 0.2) is 27.7 Å². The molecular formula is C12H13BrFNO. The Hall–Kier alpha value is -0.900. The Morgan fingerprint density at radius 1 is 1.50 bits per heavy atom. The van der Waals surface area contributed by atoms with E-state index < -0.39 is 0 Å². The first-order chi connectivity index (χ1) is 7.58. The number of halogens is 2.